The standard InChI is InChI=1S/C13H19BrN2O3S/c1-13(5-6-19-9-13)16-20(17,18)12-4-3-10(8-15-2)7-11(12)14/h3-4,7,15-16H,5-6,8-9H2,1-2H3. The fourth-order valence-electron chi connectivity index (χ4n) is 2.20. The lowest BCUT2D eigenvalue weighted by molar-refractivity contribution is 0.178. The summed E-state index contributed by atoms with van der Waals surface area (Å²) >= 11 is 3.34. The molecule has 1 unspecified atom stereocenters. The summed E-state index contributed by atoms with van der Waals surface area (Å²) < 4.78 is 33.5. The van der Waals surface area contributed by atoms with Crippen molar-refractivity contribution < 1.29 is 13.2 Å². The van der Waals surface area contributed by atoms with Crippen LogP contribution >= 0.6 is 15.9 Å². The first-order valence-corrected chi connectivity index (χ1v) is 8.69. The Morgan fingerprint density at radius 3 is 2.75 bits per heavy atom. The van der Waals surface area contributed by atoms with Crippen LogP contribution in [-0.2, 0) is 21.3 Å². The van der Waals surface area contributed by atoms with Gasteiger partial charge in [-0.1, -0.05) is 6.07 Å². The summed E-state index contributed by atoms with van der Waals surface area (Å²) in [5.41, 5.74) is 0.496. The maximum absolute atomic E-state index is 12.5. The molecule has 0 aromatic heterocycles. The van der Waals surface area contributed by atoms with E-state index >= 15 is 0 Å². The van der Waals surface area contributed by atoms with Crippen molar-refractivity contribution in [1.82, 2.24) is 10.0 Å². The third kappa shape index (κ3) is 3.59. The van der Waals surface area contributed by atoms with E-state index in [4.69, 9.17) is 4.74 Å². The molecule has 7 heteroatoms. The van der Waals surface area contributed by atoms with Gasteiger partial charge in [-0.2, -0.15) is 0 Å². The van der Waals surface area contributed by atoms with E-state index in [1.54, 1.807) is 6.07 Å². The van der Waals surface area contributed by atoms with Gasteiger partial charge in [-0.05, 0) is 54.0 Å². The van der Waals surface area contributed by atoms with Gasteiger partial charge in [0.25, 0.3) is 0 Å². The number of halogens is 1. The van der Waals surface area contributed by atoms with Gasteiger partial charge in [-0.25, -0.2) is 13.1 Å². The first-order valence-electron chi connectivity index (χ1n) is 6.41. The number of benzene rings is 1. The highest BCUT2D eigenvalue weighted by molar-refractivity contribution is 9.10. The lowest BCUT2D eigenvalue weighted by atomic mass is 10.0. The van der Waals surface area contributed by atoms with Crippen molar-refractivity contribution in [3.8, 4) is 0 Å². The van der Waals surface area contributed by atoms with E-state index in [1.165, 1.54) is 0 Å². The predicted octanol–water partition coefficient (Wildman–Crippen LogP) is 1.63. The van der Waals surface area contributed by atoms with Crippen molar-refractivity contribution in [2.45, 2.75) is 30.3 Å². The van der Waals surface area contributed by atoms with Crippen molar-refractivity contribution in [3.63, 3.8) is 0 Å². The summed E-state index contributed by atoms with van der Waals surface area (Å²) in [5, 5.41) is 3.03. The Kier molecular flexibility index (Phi) is 4.86. The van der Waals surface area contributed by atoms with E-state index in [0.29, 0.717) is 30.7 Å². The van der Waals surface area contributed by atoms with Crippen LogP contribution in [-0.4, -0.2) is 34.2 Å². The largest absolute Gasteiger partial charge is 0.379 e. The Morgan fingerprint density at radius 1 is 1.45 bits per heavy atom. The average molecular weight is 363 g/mol. The fourth-order valence-corrected chi connectivity index (χ4v) is 4.75. The second-order valence-corrected chi connectivity index (χ2v) is 7.77. The molecule has 1 aliphatic heterocycles. The second kappa shape index (κ2) is 6.11. The molecule has 1 saturated heterocycles. The molecule has 1 fully saturated rings. The zero-order chi connectivity index (χ0) is 14.8. The van der Waals surface area contributed by atoms with E-state index < -0.39 is 15.6 Å². The van der Waals surface area contributed by atoms with Crippen LogP contribution in [0.25, 0.3) is 0 Å². The SMILES string of the molecule is CNCc1ccc(S(=O)(=O)NC2(C)CCOC2)c(Br)c1. The highest BCUT2D eigenvalue weighted by atomic mass is 79.9. The van der Waals surface area contributed by atoms with Crippen molar-refractivity contribution in [2.75, 3.05) is 20.3 Å². The van der Waals surface area contributed by atoms with Gasteiger partial charge in [0, 0.05) is 17.6 Å². The summed E-state index contributed by atoms with van der Waals surface area (Å²) in [4.78, 5) is 0.255. The third-order valence-corrected chi connectivity index (χ3v) is 5.88. The molecule has 1 atom stereocenters. The van der Waals surface area contributed by atoms with Crippen molar-refractivity contribution >= 4 is 26.0 Å². The van der Waals surface area contributed by atoms with Crippen LogP contribution < -0.4 is 10.0 Å². The zero-order valence-electron chi connectivity index (χ0n) is 11.6. The molecule has 112 valence electrons. The monoisotopic (exact) mass is 362 g/mol. The van der Waals surface area contributed by atoms with Gasteiger partial charge in [0.1, 0.15) is 0 Å². The van der Waals surface area contributed by atoms with Gasteiger partial charge in [-0.15, -0.1) is 0 Å². The van der Waals surface area contributed by atoms with E-state index in [-0.39, 0.29) is 4.90 Å². The van der Waals surface area contributed by atoms with Gasteiger partial charge >= 0.3 is 0 Å². The van der Waals surface area contributed by atoms with Gasteiger partial charge in [0.15, 0.2) is 0 Å². The molecule has 0 saturated carbocycles. The third-order valence-electron chi connectivity index (χ3n) is 3.27. The van der Waals surface area contributed by atoms with Crippen LogP contribution in [0.15, 0.2) is 27.6 Å². The van der Waals surface area contributed by atoms with Crippen LogP contribution in [0.3, 0.4) is 0 Å². The predicted molar refractivity (Wildman–Crippen MR) is 81.1 cm³/mol. The van der Waals surface area contributed by atoms with E-state index in [9.17, 15) is 8.42 Å². The minimum Gasteiger partial charge on any atom is -0.379 e. The lowest BCUT2D eigenvalue weighted by Gasteiger charge is -2.23. The van der Waals surface area contributed by atoms with E-state index in [2.05, 4.69) is 26.0 Å². The number of sulfonamides is 1. The molecule has 0 aliphatic carbocycles. The number of hydrogen-bond acceptors (Lipinski definition) is 4. The minimum absolute atomic E-state index is 0.255. The van der Waals surface area contributed by atoms with E-state index in [0.717, 1.165) is 5.56 Å². The first-order chi connectivity index (χ1) is 9.36. The molecule has 0 radical (unpaired) electrons. The molecule has 5 nitrogen and oxygen atoms in total. The number of hydrogen-bond donors (Lipinski definition) is 2. The zero-order valence-corrected chi connectivity index (χ0v) is 14.0. The van der Waals surface area contributed by atoms with Crippen LogP contribution in [0, 0.1) is 0 Å². The first kappa shape index (κ1) is 15.9. The molecule has 1 heterocycles. The van der Waals surface area contributed by atoms with Gasteiger partial charge in [-0.3, -0.25) is 0 Å². The average Bonchev–Trinajstić information content (AvgIpc) is 2.74. The molecule has 1 aliphatic rings. The van der Waals surface area contributed by atoms with Crippen LogP contribution in [0.5, 0.6) is 0 Å². The fraction of sp³-hybridized carbons (Fsp3) is 0.538. The quantitative estimate of drug-likeness (QED) is 0.835. The van der Waals surface area contributed by atoms with Crippen LogP contribution in [0.4, 0.5) is 0 Å². The van der Waals surface area contributed by atoms with Crippen molar-refractivity contribution in [2.24, 2.45) is 0 Å². The molecular weight excluding hydrogens is 344 g/mol. The maximum atomic E-state index is 12.5. The molecule has 2 N–H and O–H groups in total. The van der Waals surface area contributed by atoms with E-state index in [1.807, 2.05) is 26.1 Å². The molecular formula is C13H19BrN2O3S. The summed E-state index contributed by atoms with van der Waals surface area (Å²) in [6.45, 7) is 3.54. The number of nitrogens with one attached hydrogen (secondary N) is 2. The maximum Gasteiger partial charge on any atom is 0.242 e. The van der Waals surface area contributed by atoms with Gasteiger partial charge in [0.2, 0.25) is 10.0 Å². The van der Waals surface area contributed by atoms with Crippen molar-refractivity contribution in [1.29, 1.82) is 0 Å². The molecule has 1 aromatic rings. The summed E-state index contributed by atoms with van der Waals surface area (Å²) in [6.07, 6.45) is 0.682. The second-order valence-electron chi connectivity index (χ2n) is 5.26. The topological polar surface area (TPSA) is 67.4 Å². The summed E-state index contributed by atoms with van der Waals surface area (Å²) in [6, 6.07) is 5.25. The Bertz CT molecular complexity index is 583. The van der Waals surface area contributed by atoms with Crippen LogP contribution in [0.1, 0.15) is 18.9 Å². The molecule has 0 amide bonds. The molecule has 0 spiro atoms. The number of rotatable bonds is 5. The molecule has 0 bridgehead atoms. The molecule has 1 aromatic carbocycles. The van der Waals surface area contributed by atoms with Crippen molar-refractivity contribution in [3.05, 3.63) is 28.2 Å². The highest BCUT2D eigenvalue weighted by Crippen LogP contribution is 2.26. The normalized spacial score (nSPS) is 23.1. The Labute approximate surface area is 128 Å². The Morgan fingerprint density at radius 2 is 2.20 bits per heavy atom. The lowest BCUT2D eigenvalue weighted by Crippen LogP contribution is -2.46. The van der Waals surface area contributed by atoms with Gasteiger partial charge in [0.05, 0.1) is 17.0 Å². The number of ether oxygens (including phenoxy) is 1. The molecule has 2 rings (SSSR count). The summed E-state index contributed by atoms with van der Waals surface area (Å²) in [5.74, 6) is 0. The Balaban J connectivity index is 2.25. The van der Waals surface area contributed by atoms with Crippen LogP contribution in [0.2, 0.25) is 0 Å². The van der Waals surface area contributed by atoms with Gasteiger partial charge < -0.3 is 10.1 Å². The Hall–Kier alpha value is -0.470. The highest BCUT2D eigenvalue weighted by Gasteiger charge is 2.35. The summed E-state index contributed by atoms with van der Waals surface area (Å²) in [7, 11) is -1.71. The minimum atomic E-state index is -3.56. The smallest absolute Gasteiger partial charge is 0.242 e. The molecule has 20 heavy (non-hydrogen) atoms.